The molecule has 0 aliphatic rings. The van der Waals surface area contributed by atoms with Crippen molar-refractivity contribution in [3.8, 4) is 0 Å². The minimum absolute atomic E-state index is 0.0401. The van der Waals surface area contributed by atoms with Crippen LogP contribution in [-0.2, 0) is 20.9 Å². The lowest BCUT2D eigenvalue weighted by molar-refractivity contribution is -0.125. The van der Waals surface area contributed by atoms with Crippen molar-refractivity contribution in [1.29, 1.82) is 0 Å². The van der Waals surface area contributed by atoms with Crippen LogP contribution in [0.25, 0.3) is 11.0 Å². The maximum Gasteiger partial charge on any atom is 0.246 e. The lowest BCUT2D eigenvalue weighted by Gasteiger charge is -2.16. The lowest BCUT2D eigenvalue weighted by Crippen LogP contribution is -2.32. The molecular weight excluding hydrogens is 380 g/mol. The summed E-state index contributed by atoms with van der Waals surface area (Å²) >= 11 is 5.88. The number of nitrogens with zero attached hydrogens (tertiary/aromatic N) is 2. The third kappa shape index (κ3) is 4.68. The largest absolute Gasteiger partial charge is 0.375 e. The number of carbonyl (C=O) groups excluding carboxylic acids is 2. The number of ether oxygens (including phenoxy) is 1. The number of rotatable bonds is 7. The first-order valence-corrected chi connectivity index (χ1v) is 9.14. The molecule has 3 rings (SSSR count). The van der Waals surface area contributed by atoms with E-state index in [9.17, 15) is 9.59 Å². The topological polar surface area (TPSA) is 85.2 Å². The van der Waals surface area contributed by atoms with Crippen LogP contribution in [0, 0.1) is 0 Å². The molecule has 3 aromatic rings. The summed E-state index contributed by atoms with van der Waals surface area (Å²) < 4.78 is 6.66. The van der Waals surface area contributed by atoms with Gasteiger partial charge >= 0.3 is 0 Å². The monoisotopic (exact) mass is 400 g/mol. The van der Waals surface area contributed by atoms with Crippen LogP contribution in [0.15, 0.2) is 48.5 Å². The number of carbonyl (C=O) groups is 2. The third-order valence-electron chi connectivity index (χ3n) is 4.15. The molecule has 1 unspecified atom stereocenters. The number of nitrogens with one attached hydrogen (secondary N) is 2. The van der Waals surface area contributed by atoms with Gasteiger partial charge in [0.05, 0.1) is 17.1 Å². The number of imidazole rings is 1. The van der Waals surface area contributed by atoms with Crippen molar-refractivity contribution in [2.45, 2.75) is 19.5 Å². The maximum absolute atomic E-state index is 12.6. The molecule has 1 atom stereocenters. The molecule has 1 aromatic heterocycles. The molecule has 2 amide bonds. The molecule has 0 aliphatic carbocycles. The van der Waals surface area contributed by atoms with Crippen LogP contribution >= 0.6 is 11.6 Å². The molecule has 28 heavy (non-hydrogen) atoms. The SMILES string of the molecule is COCC(=O)NC(C)c1nc2ccccc2n1CC(=O)Nc1ccc(Cl)cc1. The van der Waals surface area contributed by atoms with E-state index in [-0.39, 0.29) is 25.0 Å². The van der Waals surface area contributed by atoms with Crippen molar-refractivity contribution in [3.05, 3.63) is 59.4 Å². The Morgan fingerprint density at radius 1 is 1.14 bits per heavy atom. The van der Waals surface area contributed by atoms with Crippen LogP contribution in [0.5, 0.6) is 0 Å². The number of hydrogen-bond acceptors (Lipinski definition) is 4. The van der Waals surface area contributed by atoms with Crippen molar-refractivity contribution < 1.29 is 14.3 Å². The molecule has 0 spiro atoms. The van der Waals surface area contributed by atoms with Crippen LogP contribution in [-0.4, -0.2) is 35.1 Å². The average Bonchev–Trinajstić information content (AvgIpc) is 3.02. The predicted molar refractivity (Wildman–Crippen MR) is 108 cm³/mol. The van der Waals surface area contributed by atoms with Gasteiger partial charge in [-0.2, -0.15) is 0 Å². The smallest absolute Gasteiger partial charge is 0.246 e. The Morgan fingerprint density at radius 2 is 1.86 bits per heavy atom. The van der Waals surface area contributed by atoms with Gasteiger partial charge in [0.2, 0.25) is 11.8 Å². The minimum Gasteiger partial charge on any atom is -0.375 e. The molecule has 0 aliphatic heterocycles. The number of aromatic nitrogens is 2. The summed E-state index contributed by atoms with van der Waals surface area (Å²) in [4.78, 5) is 29.1. The molecule has 2 N–H and O–H groups in total. The molecule has 7 nitrogen and oxygen atoms in total. The van der Waals surface area contributed by atoms with Gasteiger partial charge < -0.3 is 19.9 Å². The Hall–Kier alpha value is -2.90. The first-order chi connectivity index (χ1) is 13.5. The van der Waals surface area contributed by atoms with Crippen molar-refractivity contribution in [2.75, 3.05) is 19.0 Å². The molecule has 0 saturated heterocycles. The zero-order chi connectivity index (χ0) is 20.1. The van der Waals surface area contributed by atoms with E-state index in [4.69, 9.17) is 16.3 Å². The zero-order valence-corrected chi connectivity index (χ0v) is 16.4. The third-order valence-corrected chi connectivity index (χ3v) is 4.41. The van der Waals surface area contributed by atoms with E-state index < -0.39 is 6.04 Å². The van der Waals surface area contributed by atoms with Gasteiger partial charge in [-0.3, -0.25) is 9.59 Å². The first kappa shape index (κ1) is 19.9. The summed E-state index contributed by atoms with van der Waals surface area (Å²) in [5.41, 5.74) is 2.23. The first-order valence-electron chi connectivity index (χ1n) is 8.77. The number of halogens is 1. The lowest BCUT2D eigenvalue weighted by atomic mass is 10.3. The fourth-order valence-electron chi connectivity index (χ4n) is 2.95. The van der Waals surface area contributed by atoms with Gasteiger partial charge in [-0.1, -0.05) is 23.7 Å². The molecular formula is C20H21ClN4O3. The Labute approximate surface area is 167 Å². The average molecular weight is 401 g/mol. The van der Waals surface area contributed by atoms with Gasteiger partial charge in [0.25, 0.3) is 0 Å². The second-order valence-corrected chi connectivity index (χ2v) is 6.76. The predicted octanol–water partition coefficient (Wildman–Crippen LogP) is 3.15. The van der Waals surface area contributed by atoms with Gasteiger partial charge in [0.15, 0.2) is 0 Å². The van der Waals surface area contributed by atoms with Crippen molar-refractivity contribution >= 4 is 40.1 Å². The van der Waals surface area contributed by atoms with Gasteiger partial charge in [-0.25, -0.2) is 4.98 Å². The number of amides is 2. The van der Waals surface area contributed by atoms with Crippen molar-refractivity contribution in [3.63, 3.8) is 0 Å². The Morgan fingerprint density at radius 3 is 2.57 bits per heavy atom. The number of methoxy groups -OCH3 is 1. The van der Waals surface area contributed by atoms with Crippen LogP contribution in [0.3, 0.4) is 0 Å². The van der Waals surface area contributed by atoms with Crippen LogP contribution < -0.4 is 10.6 Å². The number of hydrogen-bond donors (Lipinski definition) is 2. The van der Waals surface area contributed by atoms with Crippen molar-refractivity contribution in [2.24, 2.45) is 0 Å². The second-order valence-electron chi connectivity index (χ2n) is 6.32. The molecule has 1 heterocycles. The van der Waals surface area contributed by atoms with E-state index in [1.165, 1.54) is 7.11 Å². The fraction of sp³-hybridized carbons (Fsp3) is 0.250. The van der Waals surface area contributed by atoms with E-state index in [2.05, 4.69) is 15.6 Å². The van der Waals surface area contributed by atoms with E-state index >= 15 is 0 Å². The molecule has 0 fully saturated rings. The summed E-state index contributed by atoms with van der Waals surface area (Å²) in [6.07, 6.45) is 0. The number of fused-ring (bicyclic) bond motifs is 1. The molecule has 8 heteroatoms. The molecule has 0 saturated carbocycles. The van der Waals surface area contributed by atoms with E-state index in [1.807, 2.05) is 31.2 Å². The number of anilines is 1. The highest BCUT2D eigenvalue weighted by atomic mass is 35.5. The normalized spacial score (nSPS) is 12.0. The maximum atomic E-state index is 12.6. The highest BCUT2D eigenvalue weighted by Crippen LogP contribution is 2.21. The number of para-hydroxylation sites is 2. The quantitative estimate of drug-likeness (QED) is 0.638. The Bertz CT molecular complexity index is 985. The van der Waals surface area contributed by atoms with Gasteiger partial charge in [0.1, 0.15) is 19.0 Å². The highest BCUT2D eigenvalue weighted by molar-refractivity contribution is 6.30. The van der Waals surface area contributed by atoms with E-state index in [0.29, 0.717) is 16.5 Å². The summed E-state index contributed by atoms with van der Waals surface area (Å²) in [6.45, 7) is 1.84. The van der Waals surface area contributed by atoms with Crippen LogP contribution in [0.1, 0.15) is 18.8 Å². The van der Waals surface area contributed by atoms with Crippen molar-refractivity contribution in [1.82, 2.24) is 14.9 Å². The second kappa shape index (κ2) is 8.86. The fourth-order valence-corrected chi connectivity index (χ4v) is 3.07. The molecule has 0 radical (unpaired) electrons. The highest BCUT2D eigenvalue weighted by Gasteiger charge is 2.20. The minimum atomic E-state index is -0.390. The summed E-state index contributed by atoms with van der Waals surface area (Å²) in [5.74, 6) is 0.137. The summed E-state index contributed by atoms with van der Waals surface area (Å²) in [7, 11) is 1.46. The Kier molecular flexibility index (Phi) is 6.28. The van der Waals surface area contributed by atoms with Crippen LogP contribution in [0.4, 0.5) is 5.69 Å². The van der Waals surface area contributed by atoms with Gasteiger partial charge in [-0.15, -0.1) is 0 Å². The van der Waals surface area contributed by atoms with Crippen LogP contribution in [0.2, 0.25) is 5.02 Å². The number of benzene rings is 2. The standard InChI is InChI=1S/C20H21ClN4O3/c1-13(22-19(27)12-28-2)20-24-16-5-3-4-6-17(16)25(20)11-18(26)23-15-9-7-14(21)8-10-15/h3-10,13H,11-12H2,1-2H3,(H,22,27)(H,23,26). The van der Waals surface area contributed by atoms with E-state index in [0.717, 1.165) is 11.0 Å². The molecule has 2 aromatic carbocycles. The molecule has 146 valence electrons. The zero-order valence-electron chi connectivity index (χ0n) is 15.6. The summed E-state index contributed by atoms with van der Waals surface area (Å²) in [5, 5.41) is 6.28. The Balaban J connectivity index is 1.84. The summed E-state index contributed by atoms with van der Waals surface area (Å²) in [6, 6.07) is 14.0. The van der Waals surface area contributed by atoms with E-state index in [1.54, 1.807) is 28.8 Å². The van der Waals surface area contributed by atoms with Gasteiger partial charge in [0, 0.05) is 17.8 Å². The van der Waals surface area contributed by atoms with Gasteiger partial charge in [-0.05, 0) is 43.3 Å². The molecule has 0 bridgehead atoms.